The molecule has 3 rings (SSSR count). The number of para-hydroxylation sites is 1. The van der Waals surface area contributed by atoms with Crippen molar-refractivity contribution < 1.29 is 4.79 Å². The molecule has 0 aliphatic carbocycles. The predicted molar refractivity (Wildman–Crippen MR) is 121 cm³/mol. The SMILES string of the molecule is CCN(CCCNC(=O)c1nn(-c2ccc(Cl)cc2)c(=O)n(C)c1=O)c1ccccc1. The number of aromatic nitrogens is 3. The molecule has 1 heterocycles. The molecule has 0 aliphatic heterocycles. The highest BCUT2D eigenvalue weighted by molar-refractivity contribution is 6.30. The first-order chi connectivity index (χ1) is 14.9. The second-order valence-electron chi connectivity index (χ2n) is 6.91. The van der Waals surface area contributed by atoms with Crippen molar-refractivity contribution in [2.24, 2.45) is 7.05 Å². The summed E-state index contributed by atoms with van der Waals surface area (Å²) < 4.78 is 1.88. The van der Waals surface area contributed by atoms with Crippen molar-refractivity contribution in [3.05, 3.63) is 86.2 Å². The van der Waals surface area contributed by atoms with Crippen LogP contribution in [0.2, 0.25) is 5.02 Å². The summed E-state index contributed by atoms with van der Waals surface area (Å²) in [6.45, 7) is 4.02. The molecule has 0 bridgehead atoms. The zero-order chi connectivity index (χ0) is 22.4. The van der Waals surface area contributed by atoms with E-state index in [1.807, 2.05) is 30.3 Å². The van der Waals surface area contributed by atoms with Gasteiger partial charge in [-0.15, -0.1) is 0 Å². The molecule has 0 fully saturated rings. The lowest BCUT2D eigenvalue weighted by Crippen LogP contribution is -2.44. The number of carbonyl (C=O) groups is 1. The molecule has 1 N–H and O–H groups in total. The molecule has 0 spiro atoms. The molecule has 0 atom stereocenters. The summed E-state index contributed by atoms with van der Waals surface area (Å²) in [5.41, 5.74) is -0.215. The van der Waals surface area contributed by atoms with Gasteiger partial charge < -0.3 is 10.2 Å². The van der Waals surface area contributed by atoms with E-state index in [0.29, 0.717) is 23.7 Å². The Kier molecular flexibility index (Phi) is 7.25. The van der Waals surface area contributed by atoms with Gasteiger partial charge in [0.05, 0.1) is 5.69 Å². The Balaban J connectivity index is 1.71. The van der Waals surface area contributed by atoms with Crippen molar-refractivity contribution in [1.29, 1.82) is 0 Å². The summed E-state index contributed by atoms with van der Waals surface area (Å²) in [6.07, 6.45) is 0.686. The van der Waals surface area contributed by atoms with Crippen molar-refractivity contribution in [3.8, 4) is 5.69 Å². The van der Waals surface area contributed by atoms with Crippen LogP contribution in [0.3, 0.4) is 0 Å². The first kappa shape index (κ1) is 22.3. The van der Waals surface area contributed by atoms with E-state index in [9.17, 15) is 14.4 Å². The zero-order valence-corrected chi connectivity index (χ0v) is 18.2. The fourth-order valence-corrected chi connectivity index (χ4v) is 3.26. The molecule has 0 radical (unpaired) electrons. The second-order valence-corrected chi connectivity index (χ2v) is 7.34. The summed E-state index contributed by atoms with van der Waals surface area (Å²) in [6, 6.07) is 16.4. The number of nitrogens with zero attached hydrogens (tertiary/aromatic N) is 4. The van der Waals surface area contributed by atoms with Crippen LogP contribution in [0.5, 0.6) is 0 Å². The maximum atomic E-state index is 12.6. The molecular formula is C22H24ClN5O3. The number of hydrogen-bond donors (Lipinski definition) is 1. The van der Waals surface area contributed by atoms with Crippen LogP contribution < -0.4 is 21.5 Å². The third-order valence-electron chi connectivity index (χ3n) is 4.86. The third-order valence-corrected chi connectivity index (χ3v) is 5.11. The first-order valence-corrected chi connectivity index (χ1v) is 10.3. The standard InChI is InChI=1S/C22H24ClN5O3/c1-3-27(17-8-5-4-6-9-17)15-7-14-24-20(29)19-21(30)26(2)22(31)28(25-19)18-12-10-16(23)11-13-18/h4-6,8-13H,3,7,14-15H2,1-2H3,(H,24,29). The highest BCUT2D eigenvalue weighted by atomic mass is 35.5. The minimum Gasteiger partial charge on any atom is -0.372 e. The average molecular weight is 442 g/mol. The molecule has 2 aromatic carbocycles. The highest BCUT2D eigenvalue weighted by Gasteiger charge is 2.18. The van der Waals surface area contributed by atoms with Crippen LogP contribution in [0.15, 0.2) is 64.2 Å². The second kappa shape index (κ2) is 10.1. The summed E-state index contributed by atoms with van der Waals surface area (Å²) in [5.74, 6) is -0.619. The Morgan fingerprint density at radius 1 is 1.10 bits per heavy atom. The molecule has 0 aliphatic rings. The third kappa shape index (κ3) is 5.21. The van der Waals surface area contributed by atoms with E-state index < -0.39 is 17.2 Å². The van der Waals surface area contributed by atoms with Crippen LogP contribution in [-0.2, 0) is 7.05 Å². The molecule has 1 amide bonds. The van der Waals surface area contributed by atoms with Crippen molar-refractivity contribution in [1.82, 2.24) is 19.7 Å². The first-order valence-electron chi connectivity index (χ1n) is 9.97. The summed E-state index contributed by atoms with van der Waals surface area (Å²) in [5, 5.41) is 7.24. The molecule has 9 heteroatoms. The number of benzene rings is 2. The Morgan fingerprint density at radius 2 is 1.77 bits per heavy atom. The van der Waals surface area contributed by atoms with Gasteiger partial charge in [-0.1, -0.05) is 29.8 Å². The Labute approximate surface area is 184 Å². The lowest BCUT2D eigenvalue weighted by Gasteiger charge is -2.23. The molecule has 31 heavy (non-hydrogen) atoms. The quantitative estimate of drug-likeness (QED) is 0.541. The molecule has 0 unspecified atom stereocenters. The fraction of sp³-hybridized carbons (Fsp3) is 0.273. The number of rotatable bonds is 8. The van der Waals surface area contributed by atoms with E-state index in [4.69, 9.17) is 11.6 Å². The monoisotopic (exact) mass is 441 g/mol. The topological polar surface area (TPSA) is 89.2 Å². The minimum atomic E-state index is -0.743. The molecule has 8 nitrogen and oxygen atoms in total. The van der Waals surface area contributed by atoms with Crippen LogP contribution in [0.1, 0.15) is 23.8 Å². The van der Waals surface area contributed by atoms with Crippen LogP contribution >= 0.6 is 11.6 Å². The van der Waals surface area contributed by atoms with Gasteiger partial charge in [0.25, 0.3) is 11.5 Å². The van der Waals surface area contributed by atoms with Crippen LogP contribution in [0, 0.1) is 0 Å². The Morgan fingerprint density at radius 3 is 2.42 bits per heavy atom. The summed E-state index contributed by atoms with van der Waals surface area (Å²) in [4.78, 5) is 39.7. The number of hydrogen-bond acceptors (Lipinski definition) is 5. The molecule has 1 aromatic heterocycles. The summed E-state index contributed by atoms with van der Waals surface area (Å²) >= 11 is 5.89. The smallest absolute Gasteiger partial charge is 0.351 e. The van der Waals surface area contributed by atoms with Crippen molar-refractivity contribution in [2.45, 2.75) is 13.3 Å². The predicted octanol–water partition coefficient (Wildman–Crippen LogP) is 2.23. The normalized spacial score (nSPS) is 10.7. The van der Waals surface area contributed by atoms with Gasteiger partial charge in [-0.2, -0.15) is 9.78 Å². The molecule has 0 saturated carbocycles. The van der Waals surface area contributed by atoms with Gasteiger partial charge in [-0.3, -0.25) is 14.2 Å². The van der Waals surface area contributed by atoms with Gasteiger partial charge >= 0.3 is 5.69 Å². The fourth-order valence-electron chi connectivity index (χ4n) is 3.13. The molecule has 3 aromatic rings. The van der Waals surface area contributed by atoms with Crippen molar-refractivity contribution in [2.75, 3.05) is 24.5 Å². The minimum absolute atomic E-state index is 0.340. The molecular weight excluding hydrogens is 418 g/mol. The maximum absolute atomic E-state index is 12.6. The van der Waals surface area contributed by atoms with E-state index >= 15 is 0 Å². The van der Waals surface area contributed by atoms with E-state index in [0.717, 1.165) is 28.0 Å². The van der Waals surface area contributed by atoms with Gasteiger partial charge in [-0.25, -0.2) is 4.79 Å². The lowest BCUT2D eigenvalue weighted by molar-refractivity contribution is 0.0943. The van der Waals surface area contributed by atoms with Crippen LogP contribution in [-0.4, -0.2) is 39.9 Å². The van der Waals surface area contributed by atoms with Crippen molar-refractivity contribution >= 4 is 23.2 Å². The van der Waals surface area contributed by atoms with E-state index in [1.54, 1.807) is 24.3 Å². The number of amides is 1. The Hall–Kier alpha value is -3.39. The van der Waals surface area contributed by atoms with Gasteiger partial charge in [0.1, 0.15) is 0 Å². The summed E-state index contributed by atoms with van der Waals surface area (Å²) in [7, 11) is 1.31. The van der Waals surface area contributed by atoms with E-state index in [1.165, 1.54) is 7.05 Å². The number of carbonyl (C=O) groups excluding carboxylic acids is 1. The van der Waals surface area contributed by atoms with E-state index in [2.05, 4.69) is 22.2 Å². The van der Waals surface area contributed by atoms with Gasteiger partial charge in [0.2, 0.25) is 5.69 Å². The average Bonchev–Trinajstić information content (AvgIpc) is 2.79. The largest absolute Gasteiger partial charge is 0.372 e. The number of nitrogens with one attached hydrogen (secondary N) is 1. The number of anilines is 1. The van der Waals surface area contributed by atoms with Crippen LogP contribution in [0.25, 0.3) is 5.69 Å². The zero-order valence-electron chi connectivity index (χ0n) is 17.4. The molecule has 162 valence electrons. The van der Waals surface area contributed by atoms with Gasteiger partial charge in [-0.05, 0) is 49.7 Å². The van der Waals surface area contributed by atoms with Crippen molar-refractivity contribution in [3.63, 3.8) is 0 Å². The lowest BCUT2D eigenvalue weighted by atomic mass is 10.2. The number of halogens is 1. The van der Waals surface area contributed by atoms with Gasteiger partial charge in [0.15, 0.2) is 0 Å². The molecule has 0 saturated heterocycles. The maximum Gasteiger partial charge on any atom is 0.351 e. The van der Waals surface area contributed by atoms with Gasteiger partial charge in [0, 0.05) is 37.4 Å². The highest BCUT2D eigenvalue weighted by Crippen LogP contribution is 2.13. The van der Waals surface area contributed by atoms with E-state index in [-0.39, 0.29) is 5.69 Å². The van der Waals surface area contributed by atoms with Crippen LogP contribution in [0.4, 0.5) is 5.69 Å². The Bertz CT molecular complexity index is 1160.